The van der Waals surface area contributed by atoms with Crippen LogP contribution < -0.4 is 0 Å². The molecule has 1 rings (SSSR count). The Morgan fingerprint density at radius 1 is 1.64 bits per heavy atom. The van der Waals surface area contributed by atoms with Crippen LogP contribution in [0, 0.1) is 17.9 Å². The molecule has 0 heterocycles. The van der Waals surface area contributed by atoms with E-state index in [0.29, 0.717) is 6.61 Å². The second-order valence-electron chi connectivity index (χ2n) is 2.41. The molecule has 1 aliphatic rings. The Balaban J connectivity index is 2.11. The minimum absolute atomic E-state index is 0.117. The molecule has 0 aromatic carbocycles. The fraction of sp³-hybridized carbons (Fsp3) is 0.625. The summed E-state index contributed by atoms with van der Waals surface area (Å²) in [5, 5.41) is 0. The molecule has 0 saturated heterocycles. The van der Waals surface area contributed by atoms with Crippen molar-refractivity contribution >= 4 is 5.97 Å². The van der Waals surface area contributed by atoms with Gasteiger partial charge < -0.3 is 9.47 Å². The minimum atomic E-state index is -0.200. The van der Waals surface area contributed by atoms with Gasteiger partial charge in [0.25, 0.3) is 0 Å². The molecule has 1 aliphatic carbocycles. The van der Waals surface area contributed by atoms with Crippen molar-refractivity contribution in [2.75, 3.05) is 13.7 Å². The SMILES string of the molecule is COCC#COC(=O)C1CC1. The number of rotatable bonds is 2. The summed E-state index contributed by atoms with van der Waals surface area (Å²) in [6.07, 6.45) is 4.18. The van der Waals surface area contributed by atoms with Crippen molar-refractivity contribution < 1.29 is 14.3 Å². The Morgan fingerprint density at radius 3 is 2.91 bits per heavy atom. The number of carbonyl (C=O) groups is 1. The first kappa shape index (κ1) is 8.09. The maximum Gasteiger partial charge on any atom is 0.322 e. The van der Waals surface area contributed by atoms with E-state index in [1.807, 2.05) is 0 Å². The van der Waals surface area contributed by atoms with Gasteiger partial charge in [-0.25, -0.2) is 0 Å². The molecule has 0 spiro atoms. The van der Waals surface area contributed by atoms with Gasteiger partial charge in [0, 0.05) is 7.11 Å². The van der Waals surface area contributed by atoms with E-state index in [1.54, 1.807) is 0 Å². The van der Waals surface area contributed by atoms with Gasteiger partial charge >= 0.3 is 5.97 Å². The molecule has 1 saturated carbocycles. The summed E-state index contributed by atoms with van der Waals surface area (Å²) < 4.78 is 9.22. The zero-order chi connectivity index (χ0) is 8.10. The summed E-state index contributed by atoms with van der Waals surface area (Å²) in [7, 11) is 1.54. The summed E-state index contributed by atoms with van der Waals surface area (Å²) in [6, 6.07) is 0. The fourth-order valence-corrected chi connectivity index (χ4v) is 0.590. The van der Waals surface area contributed by atoms with E-state index in [4.69, 9.17) is 0 Å². The van der Waals surface area contributed by atoms with Gasteiger partial charge in [-0.2, -0.15) is 0 Å². The number of esters is 1. The Kier molecular flexibility index (Phi) is 2.94. The van der Waals surface area contributed by atoms with Crippen LogP contribution in [0.3, 0.4) is 0 Å². The molecule has 3 heteroatoms. The summed E-state index contributed by atoms with van der Waals surface area (Å²) in [4.78, 5) is 10.8. The van der Waals surface area contributed by atoms with Crippen LogP contribution in [-0.2, 0) is 14.3 Å². The van der Waals surface area contributed by atoms with Crippen LogP contribution in [-0.4, -0.2) is 19.7 Å². The molecule has 0 bridgehead atoms. The largest absolute Gasteiger partial charge is 0.372 e. The van der Waals surface area contributed by atoms with Crippen molar-refractivity contribution in [3.63, 3.8) is 0 Å². The van der Waals surface area contributed by atoms with E-state index in [1.165, 1.54) is 7.11 Å². The number of hydrogen-bond donors (Lipinski definition) is 0. The lowest BCUT2D eigenvalue weighted by Gasteiger charge is -1.89. The molecular formula is C8H10O3. The molecule has 0 N–H and O–H groups in total. The van der Waals surface area contributed by atoms with Gasteiger partial charge in [-0.15, -0.1) is 0 Å². The highest BCUT2D eigenvalue weighted by Crippen LogP contribution is 2.29. The molecule has 11 heavy (non-hydrogen) atoms. The maximum atomic E-state index is 10.8. The van der Waals surface area contributed by atoms with Crippen molar-refractivity contribution in [3.05, 3.63) is 0 Å². The third kappa shape index (κ3) is 3.06. The molecule has 0 amide bonds. The van der Waals surface area contributed by atoms with Crippen LogP contribution in [0.15, 0.2) is 0 Å². The van der Waals surface area contributed by atoms with E-state index in [9.17, 15) is 4.79 Å². The van der Waals surface area contributed by atoms with E-state index >= 15 is 0 Å². The normalized spacial score (nSPS) is 15.0. The van der Waals surface area contributed by atoms with E-state index in [2.05, 4.69) is 21.5 Å². The number of ether oxygens (including phenoxy) is 2. The molecule has 3 nitrogen and oxygen atoms in total. The van der Waals surface area contributed by atoms with Gasteiger partial charge in [0.15, 0.2) is 0 Å². The van der Waals surface area contributed by atoms with E-state index in [-0.39, 0.29) is 11.9 Å². The van der Waals surface area contributed by atoms with Crippen LogP contribution in [0.4, 0.5) is 0 Å². The average molecular weight is 154 g/mol. The topological polar surface area (TPSA) is 35.5 Å². The van der Waals surface area contributed by atoms with Crippen LogP contribution in [0.5, 0.6) is 0 Å². The zero-order valence-electron chi connectivity index (χ0n) is 6.42. The minimum Gasteiger partial charge on any atom is -0.372 e. The number of methoxy groups -OCH3 is 1. The van der Waals surface area contributed by atoms with Crippen LogP contribution >= 0.6 is 0 Å². The fourth-order valence-electron chi connectivity index (χ4n) is 0.590. The quantitative estimate of drug-likeness (QED) is 0.430. The van der Waals surface area contributed by atoms with Crippen molar-refractivity contribution in [3.8, 4) is 12.0 Å². The summed E-state index contributed by atoms with van der Waals surface area (Å²) in [6.45, 7) is 0.304. The van der Waals surface area contributed by atoms with Gasteiger partial charge in [-0.05, 0) is 18.8 Å². The van der Waals surface area contributed by atoms with Gasteiger partial charge in [0.05, 0.1) is 5.92 Å². The zero-order valence-corrected chi connectivity index (χ0v) is 6.42. The van der Waals surface area contributed by atoms with Gasteiger partial charge in [0.2, 0.25) is 0 Å². The molecule has 0 aromatic rings. The highest BCUT2D eigenvalue weighted by atomic mass is 16.5. The van der Waals surface area contributed by atoms with Crippen molar-refractivity contribution in [1.82, 2.24) is 0 Å². The molecular weight excluding hydrogens is 144 g/mol. The van der Waals surface area contributed by atoms with Gasteiger partial charge in [-0.3, -0.25) is 4.79 Å². The molecule has 1 fully saturated rings. The molecule has 60 valence electrons. The van der Waals surface area contributed by atoms with Crippen molar-refractivity contribution in [1.29, 1.82) is 0 Å². The summed E-state index contributed by atoms with van der Waals surface area (Å²) in [5.74, 6) is 2.45. The highest BCUT2D eigenvalue weighted by Gasteiger charge is 2.31. The predicted octanol–water partition coefficient (Wildman–Crippen LogP) is 0.547. The van der Waals surface area contributed by atoms with Crippen LogP contribution in [0.1, 0.15) is 12.8 Å². The number of carbonyl (C=O) groups excluding carboxylic acids is 1. The molecule has 0 atom stereocenters. The second kappa shape index (κ2) is 3.99. The second-order valence-corrected chi connectivity index (χ2v) is 2.41. The Hall–Kier alpha value is -1.01. The molecule has 0 aromatic heterocycles. The van der Waals surface area contributed by atoms with Gasteiger partial charge in [0.1, 0.15) is 12.7 Å². The monoisotopic (exact) mass is 154 g/mol. The molecule has 0 unspecified atom stereocenters. The first-order chi connectivity index (χ1) is 5.34. The lowest BCUT2D eigenvalue weighted by atomic mass is 10.4. The third-order valence-corrected chi connectivity index (χ3v) is 1.35. The maximum absolute atomic E-state index is 10.8. The Labute approximate surface area is 65.7 Å². The molecule has 0 radical (unpaired) electrons. The number of hydrogen-bond acceptors (Lipinski definition) is 3. The lowest BCUT2D eigenvalue weighted by molar-refractivity contribution is -0.138. The lowest BCUT2D eigenvalue weighted by Crippen LogP contribution is -2.01. The Bertz CT molecular complexity index is 195. The van der Waals surface area contributed by atoms with Crippen molar-refractivity contribution in [2.45, 2.75) is 12.8 Å². The standard InChI is InChI=1S/C8H10O3/c1-10-5-2-6-11-8(9)7-3-4-7/h7H,3-5H2,1H3. The van der Waals surface area contributed by atoms with Crippen LogP contribution in [0.2, 0.25) is 0 Å². The van der Waals surface area contributed by atoms with Gasteiger partial charge in [-0.1, -0.05) is 0 Å². The highest BCUT2D eigenvalue weighted by molar-refractivity contribution is 5.75. The third-order valence-electron chi connectivity index (χ3n) is 1.35. The van der Waals surface area contributed by atoms with E-state index in [0.717, 1.165) is 12.8 Å². The Morgan fingerprint density at radius 2 is 2.36 bits per heavy atom. The summed E-state index contributed by atoms with van der Waals surface area (Å²) in [5.41, 5.74) is 0. The predicted molar refractivity (Wildman–Crippen MR) is 38.5 cm³/mol. The molecule has 0 aliphatic heterocycles. The first-order valence-electron chi connectivity index (χ1n) is 3.52. The summed E-state index contributed by atoms with van der Waals surface area (Å²) >= 11 is 0. The first-order valence-corrected chi connectivity index (χ1v) is 3.52. The average Bonchev–Trinajstić information content (AvgIpc) is 2.79. The van der Waals surface area contributed by atoms with Crippen LogP contribution in [0.25, 0.3) is 0 Å². The smallest absolute Gasteiger partial charge is 0.322 e. The van der Waals surface area contributed by atoms with Crippen molar-refractivity contribution in [2.24, 2.45) is 5.92 Å². The van der Waals surface area contributed by atoms with E-state index < -0.39 is 0 Å².